The minimum atomic E-state index is 0.701. The largest absolute Gasteiger partial charge is 0.310 e. The third-order valence-corrected chi connectivity index (χ3v) is 5.01. The first kappa shape index (κ1) is 15.7. The van der Waals surface area contributed by atoms with Gasteiger partial charge in [-0.2, -0.15) is 0 Å². The average Bonchev–Trinajstić information content (AvgIpc) is 3.20. The number of hydrogen-bond donors (Lipinski definition) is 1. The van der Waals surface area contributed by atoms with Crippen molar-refractivity contribution in [1.29, 1.82) is 0 Å². The van der Waals surface area contributed by atoms with Gasteiger partial charge >= 0.3 is 0 Å². The first-order valence-electron chi connectivity index (χ1n) is 8.24. The van der Waals surface area contributed by atoms with Crippen molar-refractivity contribution in [2.45, 2.75) is 26.3 Å². The highest BCUT2D eigenvalue weighted by atomic mass is 32.1. The van der Waals surface area contributed by atoms with Gasteiger partial charge in [0.15, 0.2) is 0 Å². The summed E-state index contributed by atoms with van der Waals surface area (Å²) in [6.07, 6.45) is 2.75. The van der Waals surface area contributed by atoms with E-state index in [1.807, 2.05) is 6.07 Å². The van der Waals surface area contributed by atoms with E-state index in [1.54, 1.807) is 11.3 Å². The van der Waals surface area contributed by atoms with E-state index in [2.05, 4.69) is 46.8 Å². The molecule has 3 nitrogen and oxygen atoms in total. The summed E-state index contributed by atoms with van der Waals surface area (Å²) in [5, 5.41) is 6.89. The summed E-state index contributed by atoms with van der Waals surface area (Å²) in [5.41, 5.74) is 2.29. The lowest BCUT2D eigenvalue weighted by Crippen LogP contribution is -2.31. The fourth-order valence-electron chi connectivity index (χ4n) is 3.03. The zero-order valence-electron chi connectivity index (χ0n) is 13.3. The fourth-order valence-corrected chi connectivity index (χ4v) is 3.80. The number of nitrogens with one attached hydrogen (secondary N) is 1. The van der Waals surface area contributed by atoms with Crippen LogP contribution in [0.4, 0.5) is 0 Å². The Morgan fingerprint density at radius 3 is 2.77 bits per heavy atom. The van der Waals surface area contributed by atoms with Crippen molar-refractivity contribution in [3.8, 4) is 11.3 Å². The normalized spacial score (nSPS) is 17.0. The predicted octanol–water partition coefficient (Wildman–Crippen LogP) is 3.63. The molecule has 2 heterocycles. The predicted molar refractivity (Wildman–Crippen MR) is 94.1 cm³/mol. The van der Waals surface area contributed by atoms with Crippen LogP contribution in [0.25, 0.3) is 11.3 Å². The maximum Gasteiger partial charge on any atom is 0.107 e. The quantitative estimate of drug-likeness (QED) is 0.845. The molecule has 0 saturated carbocycles. The van der Waals surface area contributed by atoms with Crippen molar-refractivity contribution in [3.63, 3.8) is 0 Å². The average molecular weight is 315 g/mol. The van der Waals surface area contributed by atoms with Crippen LogP contribution in [0.1, 0.15) is 24.8 Å². The molecule has 1 atom stereocenters. The molecule has 22 heavy (non-hydrogen) atoms. The van der Waals surface area contributed by atoms with Crippen molar-refractivity contribution in [3.05, 3.63) is 40.7 Å². The van der Waals surface area contributed by atoms with Gasteiger partial charge in [0.05, 0.1) is 5.69 Å². The van der Waals surface area contributed by atoms with Crippen molar-refractivity contribution < 1.29 is 0 Å². The molecule has 4 heteroatoms. The minimum absolute atomic E-state index is 0.701. The Balaban J connectivity index is 1.43. The molecule has 1 aliphatic heterocycles. The second-order valence-electron chi connectivity index (χ2n) is 6.24. The van der Waals surface area contributed by atoms with E-state index in [1.165, 1.54) is 43.0 Å². The number of rotatable bonds is 7. The standard InChI is InChI=1S/C18H25N3S/c1-15(13-21-9-5-6-10-21)11-19-12-18-20-17(14-22-18)16-7-3-2-4-8-16/h2-4,7-8,14-15,19H,5-6,9-13H2,1H3. The molecule has 1 unspecified atom stereocenters. The Labute approximate surface area is 137 Å². The van der Waals surface area contributed by atoms with Crippen LogP contribution >= 0.6 is 11.3 Å². The van der Waals surface area contributed by atoms with E-state index in [0.717, 1.165) is 18.8 Å². The van der Waals surface area contributed by atoms with E-state index in [9.17, 15) is 0 Å². The molecule has 2 aromatic rings. The molecule has 3 rings (SSSR count). The molecule has 118 valence electrons. The van der Waals surface area contributed by atoms with Gasteiger partial charge in [-0.15, -0.1) is 11.3 Å². The zero-order chi connectivity index (χ0) is 15.2. The molecule has 1 aliphatic rings. The summed E-state index contributed by atoms with van der Waals surface area (Å²) in [6.45, 7) is 8.08. The smallest absolute Gasteiger partial charge is 0.107 e. The van der Waals surface area contributed by atoms with Crippen molar-refractivity contribution in [1.82, 2.24) is 15.2 Å². The van der Waals surface area contributed by atoms with Crippen molar-refractivity contribution in [2.75, 3.05) is 26.2 Å². The summed E-state index contributed by atoms with van der Waals surface area (Å²) in [5.74, 6) is 0.701. The summed E-state index contributed by atoms with van der Waals surface area (Å²) < 4.78 is 0. The molecule has 0 spiro atoms. The molecule has 1 fully saturated rings. The topological polar surface area (TPSA) is 28.2 Å². The van der Waals surface area contributed by atoms with Gasteiger partial charge in [-0.3, -0.25) is 0 Å². The summed E-state index contributed by atoms with van der Waals surface area (Å²) >= 11 is 1.74. The van der Waals surface area contributed by atoms with Gasteiger partial charge in [-0.05, 0) is 38.4 Å². The monoisotopic (exact) mass is 315 g/mol. The first-order valence-corrected chi connectivity index (χ1v) is 9.12. The molecule has 0 aliphatic carbocycles. The highest BCUT2D eigenvalue weighted by molar-refractivity contribution is 7.09. The van der Waals surface area contributed by atoms with Crippen LogP contribution < -0.4 is 5.32 Å². The number of aromatic nitrogens is 1. The summed E-state index contributed by atoms with van der Waals surface area (Å²) in [6, 6.07) is 10.4. The number of benzene rings is 1. The number of hydrogen-bond acceptors (Lipinski definition) is 4. The Morgan fingerprint density at radius 2 is 2.00 bits per heavy atom. The summed E-state index contributed by atoms with van der Waals surface area (Å²) in [7, 11) is 0. The van der Waals surface area contributed by atoms with Crippen LogP contribution in [0.5, 0.6) is 0 Å². The van der Waals surface area contributed by atoms with Gasteiger partial charge < -0.3 is 10.2 Å². The van der Waals surface area contributed by atoms with Gasteiger partial charge in [0.25, 0.3) is 0 Å². The lowest BCUT2D eigenvalue weighted by molar-refractivity contribution is 0.282. The SMILES string of the molecule is CC(CNCc1nc(-c2ccccc2)cs1)CN1CCCC1. The maximum atomic E-state index is 4.73. The zero-order valence-corrected chi connectivity index (χ0v) is 14.1. The highest BCUT2D eigenvalue weighted by Gasteiger charge is 2.14. The fraction of sp³-hybridized carbons (Fsp3) is 0.500. The van der Waals surface area contributed by atoms with E-state index in [-0.39, 0.29) is 0 Å². The van der Waals surface area contributed by atoms with E-state index in [4.69, 9.17) is 4.98 Å². The molecule has 1 aromatic carbocycles. The Bertz CT molecular complexity index is 561. The number of likely N-dealkylation sites (tertiary alicyclic amines) is 1. The van der Waals surface area contributed by atoms with Crippen LogP contribution in [0.2, 0.25) is 0 Å². The molecule has 0 radical (unpaired) electrons. The van der Waals surface area contributed by atoms with Gasteiger partial charge in [-0.25, -0.2) is 4.98 Å². The molecule has 0 amide bonds. The van der Waals surface area contributed by atoms with Crippen LogP contribution in [0.3, 0.4) is 0 Å². The second kappa shape index (κ2) is 7.86. The summed E-state index contributed by atoms with van der Waals surface area (Å²) in [4.78, 5) is 7.31. The number of nitrogens with zero attached hydrogens (tertiary/aromatic N) is 2. The van der Waals surface area contributed by atoms with Crippen LogP contribution in [-0.2, 0) is 6.54 Å². The highest BCUT2D eigenvalue weighted by Crippen LogP contribution is 2.21. The lowest BCUT2D eigenvalue weighted by Gasteiger charge is -2.20. The first-order chi connectivity index (χ1) is 10.8. The van der Waals surface area contributed by atoms with Gasteiger partial charge in [0.2, 0.25) is 0 Å². The van der Waals surface area contributed by atoms with Crippen molar-refractivity contribution >= 4 is 11.3 Å². The maximum absolute atomic E-state index is 4.73. The molecule has 1 aromatic heterocycles. The van der Waals surface area contributed by atoms with Gasteiger partial charge in [0.1, 0.15) is 5.01 Å². The van der Waals surface area contributed by atoms with Crippen LogP contribution in [0, 0.1) is 5.92 Å². The lowest BCUT2D eigenvalue weighted by atomic mass is 10.1. The van der Waals surface area contributed by atoms with Gasteiger partial charge in [-0.1, -0.05) is 37.3 Å². The third-order valence-electron chi connectivity index (χ3n) is 4.16. The molecule has 1 N–H and O–H groups in total. The molecule has 0 bridgehead atoms. The Hall–Kier alpha value is -1.23. The van der Waals surface area contributed by atoms with E-state index < -0.39 is 0 Å². The van der Waals surface area contributed by atoms with Crippen LogP contribution in [0.15, 0.2) is 35.7 Å². The second-order valence-corrected chi connectivity index (χ2v) is 7.18. The molecular weight excluding hydrogens is 290 g/mol. The van der Waals surface area contributed by atoms with Gasteiger partial charge in [0, 0.05) is 24.0 Å². The number of thiazole rings is 1. The van der Waals surface area contributed by atoms with E-state index in [0.29, 0.717) is 5.92 Å². The molecule has 1 saturated heterocycles. The Kier molecular flexibility index (Phi) is 5.59. The minimum Gasteiger partial charge on any atom is -0.310 e. The molecular formula is C18H25N3S. The van der Waals surface area contributed by atoms with Crippen molar-refractivity contribution in [2.24, 2.45) is 5.92 Å². The van der Waals surface area contributed by atoms with E-state index >= 15 is 0 Å². The van der Waals surface area contributed by atoms with Crippen LogP contribution in [-0.4, -0.2) is 36.1 Å². The Morgan fingerprint density at radius 1 is 1.23 bits per heavy atom. The third kappa shape index (κ3) is 4.38.